The molecule has 0 aliphatic heterocycles. The third-order valence-corrected chi connectivity index (χ3v) is 6.10. The van der Waals surface area contributed by atoms with E-state index in [0.717, 1.165) is 36.6 Å². The maximum Gasteiger partial charge on any atom is 0.0927 e. The van der Waals surface area contributed by atoms with Gasteiger partial charge in [-0.05, 0) is 60.3 Å². The Morgan fingerprint density at radius 3 is 2.82 bits per heavy atom. The highest BCUT2D eigenvalue weighted by molar-refractivity contribution is 9.10. The van der Waals surface area contributed by atoms with Crippen LogP contribution in [0.15, 0.2) is 28.0 Å². The molecule has 0 heterocycles. The SMILES string of the molecule is [B]C([B])=C1c2cc(Br)ccc2C[C@@]12CC[C@H](OC)[C@@H](CC)C2. The summed E-state index contributed by atoms with van der Waals surface area (Å²) >= 11 is 3.58. The lowest BCUT2D eigenvalue weighted by molar-refractivity contribution is -0.00600. The van der Waals surface area contributed by atoms with Crippen LogP contribution in [0.2, 0.25) is 0 Å². The highest BCUT2D eigenvalue weighted by Crippen LogP contribution is 2.57. The number of halogens is 1. The van der Waals surface area contributed by atoms with Crippen molar-refractivity contribution in [3.63, 3.8) is 0 Å². The molecule has 4 heteroatoms. The zero-order valence-electron chi connectivity index (χ0n) is 13.4. The van der Waals surface area contributed by atoms with E-state index < -0.39 is 0 Å². The van der Waals surface area contributed by atoms with E-state index >= 15 is 0 Å². The van der Waals surface area contributed by atoms with Gasteiger partial charge in [0.05, 0.1) is 21.8 Å². The monoisotopic (exact) mass is 354 g/mol. The molecule has 0 unspecified atom stereocenters. The van der Waals surface area contributed by atoms with Crippen molar-refractivity contribution in [1.29, 1.82) is 0 Å². The highest BCUT2D eigenvalue weighted by Gasteiger charge is 2.47. The van der Waals surface area contributed by atoms with Crippen LogP contribution in [-0.2, 0) is 11.2 Å². The van der Waals surface area contributed by atoms with Gasteiger partial charge in [-0.3, -0.25) is 0 Å². The topological polar surface area (TPSA) is 9.23 Å². The van der Waals surface area contributed by atoms with Crippen LogP contribution in [0.3, 0.4) is 0 Å². The van der Waals surface area contributed by atoms with Crippen LogP contribution in [0, 0.1) is 11.3 Å². The molecule has 112 valence electrons. The largest absolute Gasteiger partial charge is 0.381 e. The molecule has 0 aromatic heterocycles. The number of methoxy groups -OCH3 is 1. The molecule has 1 aromatic rings. The molecule has 0 amide bonds. The fourth-order valence-corrected chi connectivity index (χ4v) is 4.99. The standard InChI is InChI=1S/C18H21B2BrO/c1-3-11-9-18(7-6-15(11)22-2)10-12-4-5-13(21)8-14(12)16(18)17(19)20/h4-5,8,11,15H,3,6-7,9-10H2,1-2H3/t11-,15-,18-/m0/s1. The van der Waals surface area contributed by atoms with E-state index in [1.54, 1.807) is 0 Å². The smallest absolute Gasteiger partial charge is 0.0927 e. The molecular weight excluding hydrogens is 334 g/mol. The Morgan fingerprint density at radius 2 is 2.18 bits per heavy atom. The molecule has 3 atom stereocenters. The molecule has 1 fully saturated rings. The molecule has 2 aliphatic rings. The maximum atomic E-state index is 6.13. The van der Waals surface area contributed by atoms with Crippen LogP contribution in [-0.4, -0.2) is 28.9 Å². The minimum Gasteiger partial charge on any atom is -0.381 e. The van der Waals surface area contributed by atoms with E-state index in [0.29, 0.717) is 17.4 Å². The zero-order valence-corrected chi connectivity index (χ0v) is 14.9. The third kappa shape index (κ3) is 2.63. The van der Waals surface area contributed by atoms with E-state index in [1.165, 1.54) is 16.7 Å². The van der Waals surface area contributed by atoms with Crippen LogP contribution < -0.4 is 0 Å². The molecule has 2 aliphatic carbocycles. The number of hydrogen-bond donors (Lipinski definition) is 0. The normalized spacial score (nSPS) is 30.6. The number of ether oxygens (including phenoxy) is 1. The molecule has 1 spiro atoms. The van der Waals surface area contributed by atoms with Crippen LogP contribution in [0.4, 0.5) is 0 Å². The van der Waals surface area contributed by atoms with Crippen molar-refractivity contribution in [3.05, 3.63) is 39.2 Å². The predicted octanol–water partition coefficient (Wildman–Crippen LogP) is 4.22. The van der Waals surface area contributed by atoms with Gasteiger partial charge in [-0.1, -0.05) is 40.9 Å². The van der Waals surface area contributed by atoms with Gasteiger partial charge in [-0.25, -0.2) is 0 Å². The first-order valence-corrected chi connectivity index (χ1v) is 8.87. The van der Waals surface area contributed by atoms with Crippen molar-refractivity contribution in [1.82, 2.24) is 0 Å². The Balaban J connectivity index is 2.03. The average molecular weight is 355 g/mol. The van der Waals surface area contributed by atoms with E-state index in [2.05, 4.69) is 41.1 Å². The van der Waals surface area contributed by atoms with Gasteiger partial charge in [-0.2, -0.15) is 5.37 Å². The molecule has 3 rings (SSSR count). The van der Waals surface area contributed by atoms with E-state index in [-0.39, 0.29) is 5.41 Å². The lowest BCUT2D eigenvalue weighted by Gasteiger charge is -2.44. The maximum absolute atomic E-state index is 6.13. The highest BCUT2D eigenvalue weighted by atomic mass is 79.9. The fraction of sp³-hybridized carbons (Fsp3) is 0.556. The molecule has 0 bridgehead atoms. The Kier molecular flexibility index (Phi) is 4.62. The molecule has 4 radical (unpaired) electrons. The summed E-state index contributed by atoms with van der Waals surface area (Å²) in [5, 5.41) is 0.488. The molecule has 1 aromatic carbocycles. The van der Waals surface area contributed by atoms with Gasteiger partial charge in [-0.15, -0.1) is 0 Å². The summed E-state index contributed by atoms with van der Waals surface area (Å²) in [5.41, 5.74) is 3.88. The Morgan fingerprint density at radius 1 is 1.41 bits per heavy atom. The summed E-state index contributed by atoms with van der Waals surface area (Å²) < 4.78 is 6.79. The first-order chi connectivity index (χ1) is 10.5. The lowest BCUT2D eigenvalue weighted by Crippen LogP contribution is -2.38. The first-order valence-electron chi connectivity index (χ1n) is 8.08. The fourth-order valence-electron chi connectivity index (χ4n) is 4.63. The summed E-state index contributed by atoms with van der Waals surface area (Å²) in [5.74, 6) is 0.575. The first kappa shape index (κ1) is 16.4. The summed E-state index contributed by atoms with van der Waals surface area (Å²) in [7, 11) is 14.1. The van der Waals surface area contributed by atoms with Gasteiger partial charge in [0.2, 0.25) is 0 Å². The minimum atomic E-state index is 0.0949. The number of fused-ring (bicyclic) bond motifs is 1. The van der Waals surface area contributed by atoms with E-state index in [1.807, 2.05) is 7.11 Å². The zero-order chi connectivity index (χ0) is 15.9. The van der Waals surface area contributed by atoms with Gasteiger partial charge in [0.1, 0.15) is 0 Å². The Labute approximate surface area is 144 Å². The Bertz CT molecular complexity index is 609. The molecule has 0 N–H and O–H groups in total. The van der Waals surface area contributed by atoms with Crippen molar-refractivity contribution in [2.24, 2.45) is 11.3 Å². The summed E-state index contributed by atoms with van der Waals surface area (Å²) in [6, 6.07) is 6.49. The van der Waals surface area contributed by atoms with Crippen molar-refractivity contribution < 1.29 is 4.74 Å². The van der Waals surface area contributed by atoms with E-state index in [9.17, 15) is 0 Å². The average Bonchev–Trinajstić information content (AvgIpc) is 2.79. The number of allylic oxidation sites excluding steroid dienone is 1. The summed E-state index contributed by atoms with van der Waals surface area (Å²) in [4.78, 5) is 0. The number of benzene rings is 1. The third-order valence-electron chi connectivity index (χ3n) is 5.60. The quantitative estimate of drug-likeness (QED) is 0.722. The van der Waals surface area contributed by atoms with Crippen LogP contribution in [0.25, 0.3) is 5.57 Å². The predicted molar refractivity (Wildman–Crippen MR) is 97.1 cm³/mol. The van der Waals surface area contributed by atoms with Crippen molar-refractivity contribution in [2.45, 2.75) is 45.1 Å². The van der Waals surface area contributed by atoms with Crippen molar-refractivity contribution in [2.75, 3.05) is 7.11 Å². The number of rotatable bonds is 2. The molecule has 1 nitrogen and oxygen atoms in total. The van der Waals surface area contributed by atoms with Crippen LogP contribution in [0.1, 0.15) is 43.7 Å². The van der Waals surface area contributed by atoms with Crippen LogP contribution >= 0.6 is 15.9 Å². The summed E-state index contributed by atoms with van der Waals surface area (Å²) in [6.07, 6.45) is 5.85. The van der Waals surface area contributed by atoms with E-state index in [4.69, 9.17) is 20.4 Å². The molecule has 0 saturated heterocycles. The molecule has 22 heavy (non-hydrogen) atoms. The second kappa shape index (κ2) is 6.20. The van der Waals surface area contributed by atoms with Crippen molar-refractivity contribution in [3.8, 4) is 0 Å². The molecule has 1 saturated carbocycles. The van der Waals surface area contributed by atoms with Gasteiger partial charge in [0, 0.05) is 11.6 Å². The molecular formula is C18H21B2BrO. The van der Waals surface area contributed by atoms with Gasteiger partial charge in [0.15, 0.2) is 0 Å². The summed E-state index contributed by atoms with van der Waals surface area (Å²) in [6.45, 7) is 2.25. The minimum absolute atomic E-state index is 0.0949. The second-order valence-electron chi connectivity index (χ2n) is 6.77. The van der Waals surface area contributed by atoms with Crippen molar-refractivity contribution >= 4 is 37.2 Å². The van der Waals surface area contributed by atoms with Gasteiger partial charge < -0.3 is 4.74 Å². The van der Waals surface area contributed by atoms with Crippen LogP contribution in [0.5, 0.6) is 0 Å². The lowest BCUT2D eigenvalue weighted by atomic mass is 9.59. The van der Waals surface area contributed by atoms with Gasteiger partial charge >= 0.3 is 0 Å². The van der Waals surface area contributed by atoms with Gasteiger partial charge in [0.25, 0.3) is 0 Å². The number of hydrogen-bond acceptors (Lipinski definition) is 1. The Hall–Kier alpha value is -0.470. The second-order valence-corrected chi connectivity index (χ2v) is 7.69.